The third-order valence-corrected chi connectivity index (χ3v) is 4.71. The molecule has 9 nitrogen and oxygen atoms in total. The van der Waals surface area contributed by atoms with Crippen molar-refractivity contribution in [2.75, 3.05) is 38.2 Å². The van der Waals surface area contributed by atoms with Gasteiger partial charge in [0, 0.05) is 39.9 Å². The lowest BCUT2D eigenvalue weighted by Gasteiger charge is -2.35. The molecule has 2 heterocycles. The standard InChI is InChI=1S/C20H26F2N6O3/c1-4-30-17-9-14(5-6-16(17)31-19(21)22)10-24-20(23-2)27-7-8-28(18(29)13-27)15-11-25-26(3)12-15/h5-6,9,11-12,19H,4,7-8,10,13H2,1-3H3,(H,23,24). The average Bonchev–Trinajstić information content (AvgIpc) is 3.16. The second kappa shape index (κ2) is 10.1. The highest BCUT2D eigenvalue weighted by Gasteiger charge is 2.27. The van der Waals surface area contributed by atoms with Crippen LogP contribution in [-0.2, 0) is 18.4 Å². The van der Waals surface area contributed by atoms with Crippen LogP contribution in [0.5, 0.6) is 11.5 Å². The predicted molar refractivity (Wildman–Crippen MR) is 112 cm³/mol. The molecule has 0 unspecified atom stereocenters. The number of nitrogens with zero attached hydrogens (tertiary/aromatic N) is 5. The molecule has 31 heavy (non-hydrogen) atoms. The van der Waals surface area contributed by atoms with Gasteiger partial charge in [0.2, 0.25) is 5.91 Å². The van der Waals surface area contributed by atoms with Crippen LogP contribution in [0.25, 0.3) is 0 Å². The smallest absolute Gasteiger partial charge is 0.387 e. The van der Waals surface area contributed by atoms with Crippen LogP contribution >= 0.6 is 0 Å². The van der Waals surface area contributed by atoms with Crippen LogP contribution in [0, 0.1) is 0 Å². The van der Waals surface area contributed by atoms with Crippen molar-refractivity contribution in [2.45, 2.75) is 20.1 Å². The molecule has 0 saturated carbocycles. The molecule has 2 aromatic rings. The van der Waals surface area contributed by atoms with Gasteiger partial charge in [-0.2, -0.15) is 13.9 Å². The minimum absolute atomic E-state index is 0.0119. The third kappa shape index (κ3) is 5.62. The summed E-state index contributed by atoms with van der Waals surface area (Å²) in [7, 11) is 3.45. The highest BCUT2D eigenvalue weighted by Crippen LogP contribution is 2.30. The maximum absolute atomic E-state index is 12.6. The quantitative estimate of drug-likeness (QED) is 0.527. The Labute approximate surface area is 179 Å². The minimum atomic E-state index is -2.93. The zero-order chi connectivity index (χ0) is 22.4. The summed E-state index contributed by atoms with van der Waals surface area (Å²) >= 11 is 0. The molecule has 1 aromatic carbocycles. The molecule has 3 rings (SSSR count). The van der Waals surface area contributed by atoms with E-state index in [1.807, 2.05) is 4.90 Å². The topological polar surface area (TPSA) is 84.2 Å². The van der Waals surface area contributed by atoms with Gasteiger partial charge in [-0.15, -0.1) is 0 Å². The average molecular weight is 436 g/mol. The molecular weight excluding hydrogens is 410 g/mol. The van der Waals surface area contributed by atoms with E-state index in [1.165, 1.54) is 6.07 Å². The second-order valence-electron chi connectivity index (χ2n) is 6.83. The molecule has 168 valence electrons. The first kappa shape index (κ1) is 22.3. The number of anilines is 1. The van der Waals surface area contributed by atoms with Crippen molar-refractivity contribution in [1.82, 2.24) is 20.0 Å². The number of hydrogen-bond donors (Lipinski definition) is 1. The summed E-state index contributed by atoms with van der Waals surface area (Å²) in [6, 6.07) is 4.77. The molecule has 0 atom stereocenters. The molecule has 1 aromatic heterocycles. The highest BCUT2D eigenvalue weighted by molar-refractivity contribution is 5.98. The number of halogens is 2. The predicted octanol–water partition coefficient (Wildman–Crippen LogP) is 1.84. The van der Waals surface area contributed by atoms with Gasteiger partial charge in [-0.25, -0.2) is 0 Å². The lowest BCUT2D eigenvalue weighted by Crippen LogP contribution is -2.55. The summed E-state index contributed by atoms with van der Waals surface area (Å²) in [4.78, 5) is 20.5. The van der Waals surface area contributed by atoms with Gasteiger partial charge >= 0.3 is 6.61 Å². The van der Waals surface area contributed by atoms with Crippen molar-refractivity contribution in [3.63, 3.8) is 0 Å². The van der Waals surface area contributed by atoms with E-state index < -0.39 is 6.61 Å². The summed E-state index contributed by atoms with van der Waals surface area (Å²) in [5.41, 5.74) is 1.57. The maximum Gasteiger partial charge on any atom is 0.387 e. The first-order chi connectivity index (χ1) is 14.9. The fraction of sp³-hybridized carbons (Fsp3) is 0.450. The number of benzene rings is 1. The summed E-state index contributed by atoms with van der Waals surface area (Å²) in [5.74, 6) is 0.763. The Morgan fingerprint density at radius 1 is 1.32 bits per heavy atom. The summed E-state index contributed by atoms with van der Waals surface area (Å²) < 4.78 is 36.7. The zero-order valence-electron chi connectivity index (χ0n) is 17.7. The van der Waals surface area contributed by atoms with Crippen molar-refractivity contribution in [3.05, 3.63) is 36.2 Å². The summed E-state index contributed by atoms with van der Waals surface area (Å²) in [5, 5.41) is 7.32. The van der Waals surface area contributed by atoms with Gasteiger partial charge in [0.25, 0.3) is 0 Å². The van der Waals surface area contributed by atoms with Gasteiger partial charge in [-0.1, -0.05) is 6.07 Å². The molecule has 1 saturated heterocycles. The number of aryl methyl sites for hydroxylation is 1. The number of rotatable bonds is 7. The molecule has 11 heteroatoms. The Kier molecular flexibility index (Phi) is 7.27. The maximum atomic E-state index is 12.6. The number of nitrogens with one attached hydrogen (secondary N) is 1. The van der Waals surface area contributed by atoms with Gasteiger partial charge in [0.1, 0.15) is 6.54 Å². The van der Waals surface area contributed by atoms with Gasteiger partial charge in [-0.05, 0) is 24.6 Å². The van der Waals surface area contributed by atoms with E-state index in [9.17, 15) is 13.6 Å². The van der Waals surface area contributed by atoms with E-state index in [0.29, 0.717) is 32.2 Å². The highest BCUT2D eigenvalue weighted by atomic mass is 19.3. The lowest BCUT2D eigenvalue weighted by molar-refractivity contribution is -0.120. The van der Waals surface area contributed by atoms with E-state index >= 15 is 0 Å². The fourth-order valence-corrected chi connectivity index (χ4v) is 3.31. The van der Waals surface area contributed by atoms with Crippen LogP contribution in [0.1, 0.15) is 12.5 Å². The number of ether oxygens (including phenoxy) is 2. The monoisotopic (exact) mass is 436 g/mol. The molecule has 0 bridgehead atoms. The summed E-state index contributed by atoms with van der Waals surface area (Å²) in [6.45, 7) is 0.830. The third-order valence-electron chi connectivity index (χ3n) is 4.71. The van der Waals surface area contributed by atoms with Crippen LogP contribution in [0.15, 0.2) is 35.6 Å². The first-order valence-electron chi connectivity index (χ1n) is 9.86. The fourth-order valence-electron chi connectivity index (χ4n) is 3.31. The van der Waals surface area contributed by atoms with E-state index in [0.717, 1.165) is 11.3 Å². The number of amides is 1. The molecule has 1 aliphatic rings. The number of hydrogen-bond acceptors (Lipinski definition) is 5. The summed E-state index contributed by atoms with van der Waals surface area (Å²) in [6.07, 6.45) is 3.47. The molecule has 1 amide bonds. The van der Waals surface area contributed by atoms with Gasteiger partial charge in [0.15, 0.2) is 17.5 Å². The SMILES string of the molecule is CCOc1cc(CNC(=NC)N2CCN(c3cnn(C)c3)C(=O)C2)ccc1OC(F)F. The Balaban J connectivity index is 1.62. The van der Waals surface area contributed by atoms with Crippen molar-refractivity contribution >= 4 is 17.6 Å². The van der Waals surface area contributed by atoms with E-state index in [4.69, 9.17) is 4.74 Å². The van der Waals surface area contributed by atoms with Crippen LogP contribution in [-0.4, -0.2) is 66.4 Å². The molecule has 0 spiro atoms. The second-order valence-corrected chi connectivity index (χ2v) is 6.83. The zero-order valence-corrected chi connectivity index (χ0v) is 17.7. The van der Waals surface area contributed by atoms with Crippen molar-refractivity contribution in [1.29, 1.82) is 0 Å². The van der Waals surface area contributed by atoms with Gasteiger partial charge < -0.3 is 24.6 Å². The van der Waals surface area contributed by atoms with E-state index in [1.54, 1.807) is 55.1 Å². The van der Waals surface area contributed by atoms with Crippen molar-refractivity contribution in [2.24, 2.45) is 12.0 Å². The molecular formula is C20H26F2N6O3. The number of aliphatic imine (C=N–C) groups is 1. The largest absolute Gasteiger partial charge is 0.490 e. The van der Waals surface area contributed by atoms with Crippen LogP contribution in [0.4, 0.5) is 14.5 Å². The number of guanidine groups is 1. The number of carbonyl (C=O) groups is 1. The Bertz CT molecular complexity index is 933. The number of piperazine rings is 1. The van der Waals surface area contributed by atoms with Crippen LogP contribution in [0.3, 0.4) is 0 Å². The van der Waals surface area contributed by atoms with Crippen molar-refractivity contribution in [3.8, 4) is 11.5 Å². The normalized spacial score (nSPS) is 14.9. The number of aromatic nitrogens is 2. The van der Waals surface area contributed by atoms with Gasteiger partial charge in [0.05, 0.1) is 18.5 Å². The molecule has 1 N–H and O–H groups in total. The molecule has 1 fully saturated rings. The number of alkyl halides is 2. The van der Waals surface area contributed by atoms with E-state index in [2.05, 4.69) is 20.1 Å². The van der Waals surface area contributed by atoms with Gasteiger partial charge in [-0.3, -0.25) is 14.5 Å². The number of carbonyl (C=O) groups excluding carboxylic acids is 1. The van der Waals surface area contributed by atoms with Crippen molar-refractivity contribution < 1.29 is 23.0 Å². The van der Waals surface area contributed by atoms with Crippen LogP contribution < -0.4 is 19.7 Å². The Morgan fingerprint density at radius 2 is 2.13 bits per heavy atom. The lowest BCUT2D eigenvalue weighted by atomic mass is 10.2. The molecule has 0 aliphatic carbocycles. The molecule has 0 radical (unpaired) electrons. The Hall–Kier alpha value is -3.37. The molecule has 1 aliphatic heterocycles. The van der Waals surface area contributed by atoms with E-state index in [-0.39, 0.29) is 24.0 Å². The Morgan fingerprint density at radius 3 is 2.74 bits per heavy atom. The van der Waals surface area contributed by atoms with Crippen LogP contribution in [0.2, 0.25) is 0 Å². The first-order valence-corrected chi connectivity index (χ1v) is 9.86. The minimum Gasteiger partial charge on any atom is -0.490 e.